The molecule has 1 aromatic heterocycles. The Morgan fingerprint density at radius 3 is 2.48 bits per heavy atom. The Labute approximate surface area is 212 Å². The number of aliphatic hydroxyl groups excluding tert-OH is 2. The molecule has 4 rings (SSSR count). The summed E-state index contributed by atoms with van der Waals surface area (Å²) >= 11 is 3.37. The van der Waals surface area contributed by atoms with E-state index >= 15 is 0 Å². The second kappa shape index (κ2) is 11.4. The van der Waals surface area contributed by atoms with Crippen LogP contribution in [0, 0.1) is 0 Å². The highest BCUT2D eigenvalue weighted by Crippen LogP contribution is 2.47. The molecule has 0 saturated carbocycles. The Balaban J connectivity index is 0.00000306. The van der Waals surface area contributed by atoms with Crippen LogP contribution in [0.2, 0.25) is 0 Å². The molecule has 9 heteroatoms. The van der Waals surface area contributed by atoms with Gasteiger partial charge in [0.1, 0.15) is 22.8 Å². The average molecular weight is 552 g/mol. The first kappa shape index (κ1) is 25.6. The van der Waals surface area contributed by atoms with Crippen molar-refractivity contribution < 1.29 is 41.2 Å². The van der Waals surface area contributed by atoms with Gasteiger partial charge in [0.05, 0.1) is 37.6 Å². The first-order valence-electron chi connectivity index (χ1n) is 10.3. The number of aliphatic hydroxyl groups is 2. The number of allylic oxidation sites excluding steroid dienone is 2. The van der Waals surface area contributed by atoms with Gasteiger partial charge in [-0.15, -0.1) is 0 Å². The van der Waals surface area contributed by atoms with Gasteiger partial charge in [0, 0.05) is 23.6 Å². The third kappa shape index (κ3) is 5.38. The van der Waals surface area contributed by atoms with Gasteiger partial charge >= 0.3 is 0 Å². The minimum absolute atomic E-state index is 0. The maximum absolute atomic E-state index is 9.63. The summed E-state index contributed by atoms with van der Waals surface area (Å²) in [6.07, 6.45) is 4.28. The van der Waals surface area contributed by atoms with E-state index in [-0.39, 0.29) is 30.2 Å². The minimum Gasteiger partial charge on any atom is -1.00 e. The van der Waals surface area contributed by atoms with E-state index in [2.05, 4.69) is 40.7 Å². The molecule has 0 bridgehead atoms. The number of rotatable bonds is 8. The number of β-amino-alcohol motifs (C(OH)–C–C–N with tert-alkyl or cyclic N) is 1. The van der Waals surface area contributed by atoms with Crippen LogP contribution in [0.3, 0.4) is 0 Å². The zero-order chi connectivity index (χ0) is 22.7. The van der Waals surface area contributed by atoms with E-state index in [0.717, 1.165) is 47.9 Å². The highest BCUT2D eigenvalue weighted by molar-refractivity contribution is 8.03. The third-order valence-electron chi connectivity index (χ3n) is 5.22. The molecule has 33 heavy (non-hydrogen) atoms. The Kier molecular flexibility index (Phi) is 8.83. The van der Waals surface area contributed by atoms with Crippen LogP contribution in [-0.4, -0.2) is 44.2 Å². The molecule has 3 aromatic rings. The standard InChI is InChI=1S/C24H27N2O4S2.BrH/c1-16(12-23-25(8-10-27)19-14-17(29-2)4-6-21(19)31-23)13-24-26(9-11-28)20-15-18(30-3)5-7-22(20)32-24;/h4-7,12-15,27-28H,8-11H2,1-3H3;1H/q+1;/p-1. The molecule has 176 valence electrons. The SMILES string of the molecule is COc1ccc2c(c1)N(CCO)C(=CC(C)=Cc1sc3ccc(OC)cc3[n+]1CCO)S2.[Br-]. The molecular formula is C24H27BrN2O4S2. The molecule has 2 heterocycles. The lowest BCUT2D eigenvalue weighted by molar-refractivity contribution is -0.670. The number of methoxy groups -OCH3 is 2. The minimum atomic E-state index is 0. The molecule has 0 atom stereocenters. The first-order valence-corrected chi connectivity index (χ1v) is 12.0. The smallest absolute Gasteiger partial charge is 0.263 e. The summed E-state index contributed by atoms with van der Waals surface area (Å²) < 4.78 is 14.0. The van der Waals surface area contributed by atoms with Crippen molar-refractivity contribution in [3.05, 3.63) is 58.1 Å². The zero-order valence-electron chi connectivity index (χ0n) is 18.7. The van der Waals surface area contributed by atoms with Crippen molar-refractivity contribution >= 4 is 45.1 Å². The van der Waals surface area contributed by atoms with Crippen LogP contribution in [0.1, 0.15) is 11.9 Å². The Morgan fingerprint density at radius 1 is 1.06 bits per heavy atom. The molecule has 1 aliphatic rings. The van der Waals surface area contributed by atoms with Crippen molar-refractivity contribution in [2.24, 2.45) is 0 Å². The molecular weight excluding hydrogens is 524 g/mol. The molecule has 0 aliphatic carbocycles. The topological polar surface area (TPSA) is 66.0 Å². The molecule has 6 nitrogen and oxygen atoms in total. The number of hydrogen-bond donors (Lipinski definition) is 2. The molecule has 0 fully saturated rings. The second-order valence-corrected chi connectivity index (χ2v) is 9.46. The van der Waals surface area contributed by atoms with E-state index in [9.17, 15) is 10.2 Å². The lowest BCUT2D eigenvalue weighted by Gasteiger charge is -2.19. The number of thiazole rings is 1. The number of thioether (sulfide) groups is 1. The predicted molar refractivity (Wildman–Crippen MR) is 131 cm³/mol. The first-order chi connectivity index (χ1) is 15.6. The maximum atomic E-state index is 9.63. The molecule has 1 aliphatic heterocycles. The Bertz CT molecular complexity index is 1190. The van der Waals surface area contributed by atoms with E-state index in [4.69, 9.17) is 9.47 Å². The van der Waals surface area contributed by atoms with Crippen LogP contribution < -0.4 is 35.9 Å². The van der Waals surface area contributed by atoms with Crippen LogP contribution in [0.4, 0.5) is 5.69 Å². The van der Waals surface area contributed by atoms with Crippen molar-refractivity contribution in [3.8, 4) is 11.5 Å². The number of aromatic nitrogens is 1. The molecule has 2 N–H and O–H groups in total. The van der Waals surface area contributed by atoms with E-state index in [1.165, 1.54) is 0 Å². The van der Waals surface area contributed by atoms with E-state index in [1.807, 2.05) is 24.3 Å². The second-order valence-electron chi connectivity index (χ2n) is 7.33. The van der Waals surface area contributed by atoms with Gasteiger partial charge < -0.3 is 41.6 Å². The molecule has 0 saturated heterocycles. The molecule has 0 spiro atoms. The molecule has 0 radical (unpaired) electrons. The van der Waals surface area contributed by atoms with E-state index in [0.29, 0.717) is 13.1 Å². The van der Waals surface area contributed by atoms with Gasteiger partial charge in [-0.25, -0.2) is 0 Å². The third-order valence-corrected chi connectivity index (χ3v) is 7.45. The zero-order valence-corrected chi connectivity index (χ0v) is 22.0. The van der Waals surface area contributed by atoms with Gasteiger partial charge in [-0.3, -0.25) is 0 Å². The van der Waals surface area contributed by atoms with Crippen LogP contribution in [0.5, 0.6) is 11.5 Å². The van der Waals surface area contributed by atoms with Crippen LogP contribution in [0.15, 0.2) is 58.0 Å². The molecule has 2 aromatic carbocycles. The highest BCUT2D eigenvalue weighted by atomic mass is 79.9. The maximum Gasteiger partial charge on any atom is 0.263 e. The molecule has 0 amide bonds. The van der Waals surface area contributed by atoms with Gasteiger partial charge in [0.2, 0.25) is 5.52 Å². The fourth-order valence-electron chi connectivity index (χ4n) is 3.72. The van der Waals surface area contributed by atoms with E-state index < -0.39 is 0 Å². The van der Waals surface area contributed by atoms with Gasteiger partial charge in [0.25, 0.3) is 5.01 Å². The monoisotopic (exact) mass is 550 g/mol. The van der Waals surface area contributed by atoms with Crippen LogP contribution in [-0.2, 0) is 6.54 Å². The number of nitrogens with zero attached hydrogens (tertiary/aromatic N) is 2. The normalized spacial score (nSPS) is 14.5. The predicted octanol–water partition coefficient (Wildman–Crippen LogP) is 1.05. The van der Waals surface area contributed by atoms with Crippen molar-refractivity contribution in [3.63, 3.8) is 0 Å². The highest BCUT2D eigenvalue weighted by Gasteiger charge is 2.26. The van der Waals surface area contributed by atoms with Crippen molar-refractivity contribution in [1.82, 2.24) is 0 Å². The largest absolute Gasteiger partial charge is 1.00 e. The summed E-state index contributed by atoms with van der Waals surface area (Å²) in [6, 6.07) is 12.0. The van der Waals surface area contributed by atoms with Gasteiger partial charge in [-0.1, -0.05) is 23.1 Å². The molecule has 0 unspecified atom stereocenters. The number of halogens is 1. The fraction of sp³-hybridized carbons (Fsp3) is 0.292. The Hall–Kier alpha value is -2.04. The lowest BCUT2D eigenvalue weighted by atomic mass is 10.2. The van der Waals surface area contributed by atoms with Gasteiger partial charge in [-0.2, -0.15) is 4.57 Å². The Morgan fingerprint density at radius 2 is 1.79 bits per heavy atom. The fourth-order valence-corrected chi connectivity index (χ4v) is 6.08. The lowest BCUT2D eigenvalue weighted by Crippen LogP contribution is -3.00. The van der Waals surface area contributed by atoms with Crippen molar-refractivity contribution in [1.29, 1.82) is 0 Å². The summed E-state index contributed by atoms with van der Waals surface area (Å²) in [4.78, 5) is 3.26. The van der Waals surface area contributed by atoms with Gasteiger partial charge in [-0.05, 0) is 42.8 Å². The van der Waals surface area contributed by atoms with Crippen LogP contribution in [0.25, 0.3) is 16.3 Å². The van der Waals surface area contributed by atoms with E-state index in [1.54, 1.807) is 37.3 Å². The van der Waals surface area contributed by atoms with Gasteiger partial charge in [0.15, 0.2) is 6.54 Å². The number of benzene rings is 2. The summed E-state index contributed by atoms with van der Waals surface area (Å²) in [5, 5.41) is 21.4. The summed E-state index contributed by atoms with van der Waals surface area (Å²) in [5.41, 5.74) is 3.18. The summed E-state index contributed by atoms with van der Waals surface area (Å²) in [7, 11) is 3.32. The van der Waals surface area contributed by atoms with Crippen LogP contribution >= 0.6 is 23.1 Å². The summed E-state index contributed by atoms with van der Waals surface area (Å²) in [6.45, 7) is 3.22. The average Bonchev–Trinajstić information content (AvgIpc) is 3.31. The van der Waals surface area contributed by atoms with Crippen molar-refractivity contribution in [2.45, 2.75) is 18.4 Å². The number of fused-ring (bicyclic) bond motifs is 2. The quantitative estimate of drug-likeness (QED) is 0.409. The summed E-state index contributed by atoms with van der Waals surface area (Å²) in [5.74, 6) is 1.60. The number of hydrogen-bond acceptors (Lipinski definition) is 7. The number of anilines is 1. The number of ether oxygens (including phenoxy) is 2. The van der Waals surface area contributed by atoms with Crippen molar-refractivity contribution in [2.75, 3.05) is 38.9 Å².